The Kier molecular flexibility index (Phi) is 10.5. The molecule has 4 aromatic rings. The van der Waals surface area contributed by atoms with Gasteiger partial charge in [-0.2, -0.15) is 0 Å². The predicted octanol–water partition coefficient (Wildman–Crippen LogP) is 7.13. The molecule has 0 spiro atoms. The average molecular weight is 702 g/mol. The molecule has 0 amide bonds. The van der Waals surface area contributed by atoms with E-state index in [0.717, 1.165) is 5.56 Å². The number of esters is 1. The van der Waals surface area contributed by atoms with Gasteiger partial charge in [0.1, 0.15) is 6.61 Å². The molecule has 0 radical (unpaired) electrons. The maximum atomic E-state index is 14.1. The number of rotatable bonds is 10. The summed E-state index contributed by atoms with van der Waals surface area (Å²) in [5, 5.41) is 1.11. The van der Waals surface area contributed by atoms with Crippen LogP contribution >= 0.6 is 46.1 Å². The molecule has 0 saturated carbocycles. The van der Waals surface area contributed by atoms with Crippen molar-refractivity contribution in [1.82, 2.24) is 4.57 Å². The third-order valence-electron chi connectivity index (χ3n) is 7.03. The van der Waals surface area contributed by atoms with Crippen LogP contribution < -0.4 is 29.1 Å². The smallest absolute Gasteiger partial charge is 0.338 e. The number of allylic oxidation sites excluding steroid dienone is 1. The second-order valence-corrected chi connectivity index (χ2v) is 12.8. The molecular weight excluding hydrogens is 671 g/mol. The number of carbonyl (C=O) groups is 1. The zero-order valence-corrected chi connectivity index (χ0v) is 28.8. The molecule has 0 fully saturated rings. The van der Waals surface area contributed by atoms with Gasteiger partial charge in [0.15, 0.2) is 22.0 Å². The van der Waals surface area contributed by atoms with Crippen molar-refractivity contribution in [2.24, 2.45) is 4.99 Å². The van der Waals surface area contributed by atoms with Gasteiger partial charge in [-0.25, -0.2) is 9.79 Å². The van der Waals surface area contributed by atoms with Gasteiger partial charge < -0.3 is 18.9 Å². The van der Waals surface area contributed by atoms with Gasteiger partial charge >= 0.3 is 5.97 Å². The first kappa shape index (κ1) is 33.6. The van der Waals surface area contributed by atoms with Gasteiger partial charge in [0.05, 0.1) is 51.7 Å². The van der Waals surface area contributed by atoms with Crippen LogP contribution in [0.3, 0.4) is 0 Å². The molecule has 240 valence electrons. The lowest BCUT2D eigenvalue weighted by Crippen LogP contribution is -2.40. The van der Waals surface area contributed by atoms with Crippen LogP contribution in [-0.4, -0.2) is 30.4 Å². The standard InChI is InChI=1S/C34H31Cl3N2O6S/c1-6-43-33(41)29-19(4)38-34-39(30(29)21-11-12-26(45-18(2)3)27(16-21)42-5)32(40)28(46-34)15-20-13-24(36)31(25(37)14-20)44-17-22-9-7-8-10-23(22)35/h7-16,18,30H,6,17H2,1-5H3/b28-15-/t30-/m0/s1. The van der Waals surface area contributed by atoms with E-state index in [4.69, 9.17) is 53.8 Å². The number of benzene rings is 3. The molecule has 1 aliphatic rings. The molecule has 1 aliphatic heterocycles. The first-order valence-electron chi connectivity index (χ1n) is 14.4. The molecule has 0 unspecified atom stereocenters. The van der Waals surface area contributed by atoms with Crippen LogP contribution in [0.4, 0.5) is 0 Å². The maximum absolute atomic E-state index is 14.1. The Labute approximate surface area is 285 Å². The molecule has 2 heterocycles. The van der Waals surface area contributed by atoms with Gasteiger partial charge in [-0.15, -0.1) is 0 Å². The molecule has 3 aromatic carbocycles. The highest BCUT2D eigenvalue weighted by Crippen LogP contribution is 2.37. The number of methoxy groups -OCH3 is 1. The molecule has 12 heteroatoms. The van der Waals surface area contributed by atoms with Gasteiger partial charge in [-0.3, -0.25) is 9.36 Å². The lowest BCUT2D eigenvalue weighted by atomic mass is 9.95. The molecule has 0 aliphatic carbocycles. The fourth-order valence-corrected chi connectivity index (χ4v) is 6.88. The summed E-state index contributed by atoms with van der Waals surface area (Å²) in [4.78, 5) is 32.4. The fraction of sp³-hybridized carbons (Fsp3) is 0.265. The number of nitrogens with zero attached hydrogens (tertiary/aromatic N) is 2. The van der Waals surface area contributed by atoms with Crippen molar-refractivity contribution in [3.05, 3.63) is 117 Å². The third kappa shape index (κ3) is 6.98. The number of aromatic nitrogens is 1. The number of ether oxygens (including phenoxy) is 4. The van der Waals surface area contributed by atoms with Crippen molar-refractivity contribution in [3.63, 3.8) is 0 Å². The maximum Gasteiger partial charge on any atom is 0.338 e. The largest absolute Gasteiger partial charge is 0.493 e. The highest BCUT2D eigenvalue weighted by atomic mass is 35.5. The van der Waals surface area contributed by atoms with E-state index in [-0.39, 0.29) is 40.5 Å². The zero-order chi connectivity index (χ0) is 33.1. The summed E-state index contributed by atoms with van der Waals surface area (Å²) in [7, 11) is 1.54. The Balaban J connectivity index is 1.58. The summed E-state index contributed by atoms with van der Waals surface area (Å²) in [6.07, 6.45) is 1.60. The van der Waals surface area contributed by atoms with Crippen molar-refractivity contribution in [3.8, 4) is 17.2 Å². The van der Waals surface area contributed by atoms with E-state index in [1.807, 2.05) is 32.0 Å². The number of hydrogen-bond donors (Lipinski definition) is 0. The van der Waals surface area contributed by atoms with Gasteiger partial charge in [0.2, 0.25) is 0 Å². The monoisotopic (exact) mass is 700 g/mol. The van der Waals surface area contributed by atoms with Gasteiger partial charge in [-0.05, 0) is 75.2 Å². The minimum absolute atomic E-state index is 0.0837. The van der Waals surface area contributed by atoms with Crippen LogP contribution in [0, 0.1) is 0 Å². The molecule has 0 N–H and O–H groups in total. The Bertz CT molecular complexity index is 1990. The predicted molar refractivity (Wildman–Crippen MR) is 181 cm³/mol. The summed E-state index contributed by atoms with van der Waals surface area (Å²) >= 11 is 20.6. The topological polar surface area (TPSA) is 88.4 Å². The molecule has 1 atom stereocenters. The van der Waals surface area contributed by atoms with Crippen LogP contribution in [0.5, 0.6) is 17.2 Å². The van der Waals surface area contributed by atoms with Crippen molar-refractivity contribution in [2.45, 2.75) is 46.4 Å². The Morgan fingerprint density at radius 1 is 1.04 bits per heavy atom. The van der Waals surface area contributed by atoms with E-state index in [2.05, 4.69) is 4.99 Å². The lowest BCUT2D eigenvalue weighted by Gasteiger charge is -2.25. The van der Waals surface area contributed by atoms with Crippen molar-refractivity contribution in [1.29, 1.82) is 0 Å². The molecular formula is C34H31Cl3N2O6S. The van der Waals surface area contributed by atoms with Crippen molar-refractivity contribution >= 4 is 58.2 Å². The average Bonchev–Trinajstić information content (AvgIpc) is 3.30. The van der Waals surface area contributed by atoms with Gasteiger partial charge in [0, 0.05) is 10.6 Å². The van der Waals surface area contributed by atoms with Crippen molar-refractivity contribution in [2.75, 3.05) is 13.7 Å². The Morgan fingerprint density at radius 2 is 1.76 bits per heavy atom. The minimum Gasteiger partial charge on any atom is -0.493 e. The molecule has 0 saturated heterocycles. The van der Waals surface area contributed by atoms with Crippen LogP contribution in [0.15, 0.2) is 75.7 Å². The summed E-state index contributed by atoms with van der Waals surface area (Å²) in [5.41, 5.74) is 2.35. The fourth-order valence-electron chi connectivity index (χ4n) is 5.03. The van der Waals surface area contributed by atoms with Gasteiger partial charge in [0.25, 0.3) is 5.56 Å². The van der Waals surface area contributed by atoms with Crippen LogP contribution in [0.1, 0.15) is 50.4 Å². The second-order valence-electron chi connectivity index (χ2n) is 10.6. The quantitative estimate of drug-likeness (QED) is 0.164. The van der Waals surface area contributed by atoms with Crippen LogP contribution in [0.25, 0.3) is 6.08 Å². The van der Waals surface area contributed by atoms with E-state index in [1.54, 1.807) is 56.3 Å². The SMILES string of the molecule is CCOC(=O)C1=C(C)N=c2s/c(=C\c3cc(Cl)c(OCc4ccccc4Cl)c(Cl)c3)c(=O)n2[C@H]1c1ccc(OC(C)C)c(OC)c1. The molecule has 8 nitrogen and oxygen atoms in total. The van der Waals surface area contributed by atoms with E-state index < -0.39 is 12.0 Å². The normalized spacial score (nSPS) is 14.6. The number of halogens is 3. The molecule has 46 heavy (non-hydrogen) atoms. The molecule has 5 rings (SSSR count). The van der Waals surface area contributed by atoms with Crippen LogP contribution in [-0.2, 0) is 16.1 Å². The van der Waals surface area contributed by atoms with Crippen LogP contribution in [0.2, 0.25) is 15.1 Å². The summed E-state index contributed by atoms with van der Waals surface area (Å²) in [5.74, 6) is 0.748. The van der Waals surface area contributed by atoms with E-state index in [0.29, 0.717) is 48.4 Å². The minimum atomic E-state index is -0.827. The number of fused-ring (bicyclic) bond motifs is 1. The van der Waals surface area contributed by atoms with E-state index in [9.17, 15) is 9.59 Å². The third-order valence-corrected chi connectivity index (χ3v) is 8.94. The molecule has 1 aromatic heterocycles. The number of carbonyl (C=O) groups excluding carboxylic acids is 1. The van der Waals surface area contributed by atoms with E-state index >= 15 is 0 Å². The summed E-state index contributed by atoms with van der Waals surface area (Å²) in [6.45, 7) is 7.62. The summed E-state index contributed by atoms with van der Waals surface area (Å²) in [6, 6.07) is 15.2. The Morgan fingerprint density at radius 3 is 2.41 bits per heavy atom. The second kappa shape index (κ2) is 14.3. The van der Waals surface area contributed by atoms with Crippen molar-refractivity contribution < 1.29 is 23.7 Å². The van der Waals surface area contributed by atoms with E-state index in [1.165, 1.54) is 23.0 Å². The summed E-state index contributed by atoms with van der Waals surface area (Å²) < 4.78 is 24.7. The highest BCUT2D eigenvalue weighted by Gasteiger charge is 2.34. The zero-order valence-electron chi connectivity index (χ0n) is 25.7. The Hall–Kier alpha value is -3.76. The number of thiazole rings is 1. The lowest BCUT2D eigenvalue weighted by molar-refractivity contribution is -0.139. The first-order valence-corrected chi connectivity index (χ1v) is 16.4. The first-order chi connectivity index (χ1) is 22.0. The number of hydrogen-bond acceptors (Lipinski definition) is 8. The highest BCUT2D eigenvalue weighted by molar-refractivity contribution is 7.07. The van der Waals surface area contributed by atoms with Gasteiger partial charge in [-0.1, -0.05) is 70.4 Å². The molecule has 0 bridgehead atoms.